The smallest absolute Gasteiger partial charge is 0.326 e. The average Bonchev–Trinajstić information content (AvgIpc) is 2.85. The molecule has 0 spiro atoms. The molecule has 1 heterocycles. The molecule has 1 aromatic carbocycles. The lowest BCUT2D eigenvalue weighted by molar-refractivity contribution is -0.139. The van der Waals surface area contributed by atoms with Gasteiger partial charge in [0, 0.05) is 22.8 Å². The molecule has 0 saturated heterocycles. The molecule has 0 fully saturated rings. The van der Waals surface area contributed by atoms with E-state index in [1.807, 2.05) is 0 Å². The normalized spacial score (nSPS) is 12.3. The molecule has 2 rings (SSSR count). The molecule has 1 amide bonds. The summed E-state index contributed by atoms with van der Waals surface area (Å²) in [7, 11) is 1.46. The zero-order chi connectivity index (χ0) is 16.3. The van der Waals surface area contributed by atoms with Crippen molar-refractivity contribution in [2.24, 2.45) is 0 Å². The Labute approximate surface area is 130 Å². The zero-order valence-electron chi connectivity index (χ0n) is 12.2. The second kappa shape index (κ2) is 6.85. The van der Waals surface area contributed by atoms with Gasteiger partial charge in [-0.15, -0.1) is 11.3 Å². The lowest BCUT2D eigenvalue weighted by Crippen LogP contribution is -2.40. The van der Waals surface area contributed by atoms with E-state index in [2.05, 4.69) is 5.32 Å². The molecule has 0 aliphatic rings. The second-order valence-electron chi connectivity index (χ2n) is 4.73. The van der Waals surface area contributed by atoms with Gasteiger partial charge in [0.15, 0.2) is 0 Å². The third-order valence-electron chi connectivity index (χ3n) is 3.27. The van der Waals surface area contributed by atoms with Gasteiger partial charge in [-0.1, -0.05) is 13.0 Å². The Bertz CT molecular complexity index is 713. The van der Waals surface area contributed by atoms with Crippen molar-refractivity contribution in [2.75, 3.05) is 7.11 Å². The summed E-state index contributed by atoms with van der Waals surface area (Å²) in [5.41, 5.74) is 0.443. The van der Waals surface area contributed by atoms with E-state index in [1.165, 1.54) is 13.2 Å². The number of hydrogen-bond donors (Lipinski definition) is 2. The second-order valence-corrected chi connectivity index (χ2v) is 5.78. The number of nitrogens with one attached hydrogen (secondary N) is 1. The average molecular weight is 325 g/mol. The van der Waals surface area contributed by atoms with Crippen LogP contribution in [0.15, 0.2) is 18.2 Å². The maximum absolute atomic E-state index is 14.0. The first kappa shape index (κ1) is 16.4. The number of amides is 1. The van der Waals surface area contributed by atoms with Crippen molar-refractivity contribution >= 4 is 33.3 Å². The number of carbonyl (C=O) groups excluding carboxylic acids is 1. The van der Waals surface area contributed by atoms with E-state index >= 15 is 0 Å². The summed E-state index contributed by atoms with van der Waals surface area (Å²) in [6.07, 6.45) is 0.264. The topological polar surface area (TPSA) is 75.6 Å². The number of carbonyl (C=O) groups is 2. The molecule has 2 aromatic rings. The highest BCUT2D eigenvalue weighted by atomic mass is 32.1. The van der Waals surface area contributed by atoms with E-state index < -0.39 is 23.7 Å². The van der Waals surface area contributed by atoms with Gasteiger partial charge in [-0.3, -0.25) is 4.79 Å². The van der Waals surface area contributed by atoms with Crippen LogP contribution in [-0.4, -0.2) is 30.1 Å². The minimum Gasteiger partial charge on any atom is -0.480 e. The van der Waals surface area contributed by atoms with Crippen LogP contribution in [0.1, 0.15) is 28.6 Å². The lowest BCUT2D eigenvalue weighted by atomic mass is 10.1. The van der Waals surface area contributed by atoms with Gasteiger partial charge >= 0.3 is 5.97 Å². The van der Waals surface area contributed by atoms with Gasteiger partial charge in [0.1, 0.15) is 11.9 Å². The summed E-state index contributed by atoms with van der Waals surface area (Å²) < 4.78 is 19.7. The third kappa shape index (κ3) is 3.10. The Morgan fingerprint density at radius 1 is 1.45 bits per heavy atom. The van der Waals surface area contributed by atoms with Crippen LogP contribution in [0, 0.1) is 5.82 Å². The molecule has 0 saturated carbocycles. The van der Waals surface area contributed by atoms with Crippen molar-refractivity contribution in [1.29, 1.82) is 0 Å². The number of hydrogen-bond acceptors (Lipinski definition) is 4. The summed E-state index contributed by atoms with van der Waals surface area (Å²) in [5, 5.41) is 11.8. The first-order chi connectivity index (χ1) is 10.5. The van der Waals surface area contributed by atoms with Gasteiger partial charge in [-0.05, 0) is 18.6 Å². The van der Waals surface area contributed by atoms with Gasteiger partial charge in [0.25, 0.3) is 5.91 Å². The summed E-state index contributed by atoms with van der Waals surface area (Å²) >= 11 is 1.13. The number of rotatable bonds is 6. The summed E-state index contributed by atoms with van der Waals surface area (Å²) in [5.74, 6) is -2.05. The molecule has 2 N–H and O–H groups in total. The molecule has 1 unspecified atom stereocenters. The third-order valence-corrected chi connectivity index (χ3v) is 4.47. The van der Waals surface area contributed by atoms with E-state index in [-0.39, 0.29) is 17.9 Å². The predicted molar refractivity (Wildman–Crippen MR) is 81.7 cm³/mol. The molecule has 0 bridgehead atoms. The van der Waals surface area contributed by atoms with Crippen molar-refractivity contribution < 1.29 is 23.8 Å². The quantitative estimate of drug-likeness (QED) is 0.856. The van der Waals surface area contributed by atoms with E-state index in [9.17, 15) is 14.0 Å². The first-order valence-corrected chi connectivity index (χ1v) is 7.53. The number of benzene rings is 1. The number of carboxylic acid groups (broad SMARTS) is 1. The number of ether oxygens (including phenoxy) is 1. The van der Waals surface area contributed by atoms with Crippen LogP contribution in [0.3, 0.4) is 0 Å². The minimum atomic E-state index is -1.10. The van der Waals surface area contributed by atoms with E-state index in [0.717, 1.165) is 11.3 Å². The largest absolute Gasteiger partial charge is 0.480 e. The number of thiophene rings is 1. The highest BCUT2D eigenvalue weighted by Gasteiger charge is 2.24. The van der Waals surface area contributed by atoms with Crippen LogP contribution < -0.4 is 5.32 Å². The summed E-state index contributed by atoms with van der Waals surface area (Å²) in [4.78, 5) is 23.7. The molecule has 0 aliphatic carbocycles. The molecule has 0 aliphatic heterocycles. The maximum Gasteiger partial charge on any atom is 0.326 e. The van der Waals surface area contributed by atoms with Gasteiger partial charge in [-0.25, -0.2) is 9.18 Å². The number of methoxy groups -OCH3 is 1. The van der Waals surface area contributed by atoms with Crippen LogP contribution in [0.2, 0.25) is 0 Å². The van der Waals surface area contributed by atoms with Crippen molar-refractivity contribution in [3.63, 3.8) is 0 Å². The molecular weight excluding hydrogens is 309 g/mol. The highest BCUT2D eigenvalue weighted by Crippen LogP contribution is 2.33. The van der Waals surface area contributed by atoms with Crippen molar-refractivity contribution in [3.8, 4) is 0 Å². The maximum atomic E-state index is 14.0. The highest BCUT2D eigenvalue weighted by molar-refractivity contribution is 7.21. The fourth-order valence-electron chi connectivity index (χ4n) is 2.20. The number of aliphatic carboxylic acids is 1. The van der Waals surface area contributed by atoms with Crippen LogP contribution in [0.4, 0.5) is 4.39 Å². The fraction of sp³-hybridized carbons (Fsp3) is 0.333. The van der Waals surface area contributed by atoms with E-state index in [4.69, 9.17) is 9.84 Å². The van der Waals surface area contributed by atoms with Crippen LogP contribution in [0.25, 0.3) is 10.1 Å². The minimum absolute atomic E-state index is 0.0769. The SMILES string of the molecule is CCC(NC(=O)c1sc2cccc(F)c2c1COC)C(=O)O. The monoisotopic (exact) mass is 325 g/mol. The Morgan fingerprint density at radius 3 is 2.77 bits per heavy atom. The molecule has 7 heteroatoms. The summed E-state index contributed by atoms with van der Waals surface area (Å²) in [6, 6.07) is 3.63. The molecule has 22 heavy (non-hydrogen) atoms. The van der Waals surface area contributed by atoms with E-state index in [0.29, 0.717) is 15.6 Å². The number of fused-ring (bicyclic) bond motifs is 1. The molecule has 5 nitrogen and oxygen atoms in total. The van der Waals surface area contributed by atoms with Gasteiger partial charge in [0.05, 0.1) is 11.5 Å². The molecule has 1 aromatic heterocycles. The van der Waals surface area contributed by atoms with Crippen LogP contribution in [0.5, 0.6) is 0 Å². The molecule has 0 radical (unpaired) electrons. The Balaban J connectivity index is 2.46. The first-order valence-electron chi connectivity index (χ1n) is 6.72. The molecule has 1 atom stereocenters. The lowest BCUT2D eigenvalue weighted by Gasteiger charge is -2.12. The van der Waals surface area contributed by atoms with Gasteiger partial charge in [0.2, 0.25) is 0 Å². The van der Waals surface area contributed by atoms with Crippen molar-refractivity contribution in [1.82, 2.24) is 5.32 Å². The van der Waals surface area contributed by atoms with E-state index in [1.54, 1.807) is 19.1 Å². The molecular formula is C15H16FNO4S. The van der Waals surface area contributed by atoms with Crippen LogP contribution in [-0.2, 0) is 16.1 Å². The standard InChI is InChI=1S/C15H16FNO4S/c1-3-10(15(19)20)17-14(18)13-8(7-21-2)12-9(16)5-4-6-11(12)22-13/h4-6,10H,3,7H2,1-2H3,(H,17,18)(H,19,20). The fourth-order valence-corrected chi connectivity index (χ4v) is 3.32. The number of carboxylic acids is 1. The summed E-state index contributed by atoms with van der Waals surface area (Å²) in [6.45, 7) is 1.74. The molecule has 118 valence electrons. The van der Waals surface area contributed by atoms with Crippen molar-refractivity contribution in [2.45, 2.75) is 26.0 Å². The van der Waals surface area contributed by atoms with Gasteiger partial charge in [-0.2, -0.15) is 0 Å². The Morgan fingerprint density at radius 2 is 2.18 bits per heavy atom. The number of halogens is 1. The van der Waals surface area contributed by atoms with Crippen LogP contribution >= 0.6 is 11.3 Å². The van der Waals surface area contributed by atoms with Crippen molar-refractivity contribution in [3.05, 3.63) is 34.5 Å². The van der Waals surface area contributed by atoms with Gasteiger partial charge < -0.3 is 15.2 Å². The predicted octanol–water partition coefficient (Wildman–Crippen LogP) is 2.78. The Kier molecular flexibility index (Phi) is 5.10. The Hall–Kier alpha value is -1.99. The zero-order valence-corrected chi connectivity index (χ0v) is 13.0.